The van der Waals surface area contributed by atoms with Crippen LogP contribution in [0.2, 0.25) is 0 Å². The third-order valence-electron chi connectivity index (χ3n) is 1.62. The van der Waals surface area contributed by atoms with E-state index in [1.54, 1.807) is 0 Å². The second-order valence-electron chi connectivity index (χ2n) is 2.70. The average Bonchev–Trinajstić information content (AvgIpc) is 2.20. The molecule has 1 aromatic rings. The van der Waals surface area contributed by atoms with Gasteiger partial charge in [0.2, 0.25) is 0 Å². The van der Waals surface area contributed by atoms with Gasteiger partial charge in [-0.15, -0.1) is 0 Å². The van der Waals surface area contributed by atoms with E-state index in [4.69, 9.17) is 0 Å². The maximum Gasteiger partial charge on any atom is 0.344 e. The summed E-state index contributed by atoms with van der Waals surface area (Å²) in [5.74, 6) is -0.462. The summed E-state index contributed by atoms with van der Waals surface area (Å²) in [7, 11) is 1.29. The molecule has 74 valence electrons. The highest BCUT2D eigenvalue weighted by Gasteiger charge is 2.07. The molecule has 0 aliphatic rings. The van der Waals surface area contributed by atoms with Crippen LogP contribution in [0.25, 0.3) is 0 Å². The van der Waals surface area contributed by atoms with E-state index in [0.29, 0.717) is 17.6 Å². The van der Waals surface area contributed by atoms with Crippen molar-refractivity contribution in [1.82, 2.24) is 9.97 Å². The van der Waals surface area contributed by atoms with Gasteiger partial charge in [-0.25, -0.2) is 14.6 Å². The first kappa shape index (κ1) is 10.2. The smallest absolute Gasteiger partial charge is 0.344 e. The van der Waals surface area contributed by atoms with Crippen molar-refractivity contribution in [2.45, 2.75) is 6.42 Å². The molecule has 0 fully saturated rings. The van der Waals surface area contributed by atoms with Crippen molar-refractivity contribution >= 4 is 5.97 Å². The van der Waals surface area contributed by atoms with Crippen molar-refractivity contribution in [3.8, 4) is 0 Å². The SMILES string of the molecule is C=C(Cc1cnc(=O)[nH]c1)C(=O)OC. The highest BCUT2D eigenvalue weighted by atomic mass is 16.5. The standard InChI is InChI=1S/C9H10N2O3/c1-6(8(12)14-2)3-7-4-10-9(13)11-5-7/h4-5H,1,3H2,2H3,(H,10,11,13). The van der Waals surface area contributed by atoms with Gasteiger partial charge in [0.1, 0.15) is 0 Å². The van der Waals surface area contributed by atoms with Gasteiger partial charge in [-0.1, -0.05) is 6.58 Å². The van der Waals surface area contributed by atoms with E-state index in [-0.39, 0.29) is 0 Å². The fraction of sp³-hybridized carbons (Fsp3) is 0.222. The van der Waals surface area contributed by atoms with Gasteiger partial charge in [-0.05, 0) is 5.56 Å². The molecule has 1 rings (SSSR count). The van der Waals surface area contributed by atoms with Crippen LogP contribution in [-0.4, -0.2) is 23.0 Å². The Balaban J connectivity index is 2.70. The molecule has 14 heavy (non-hydrogen) atoms. The Morgan fingerprint density at radius 2 is 2.43 bits per heavy atom. The number of carbonyl (C=O) groups is 1. The summed E-state index contributed by atoms with van der Waals surface area (Å²) >= 11 is 0. The monoisotopic (exact) mass is 194 g/mol. The molecule has 0 aromatic carbocycles. The molecule has 0 radical (unpaired) electrons. The molecule has 1 N–H and O–H groups in total. The van der Waals surface area contributed by atoms with Crippen LogP contribution in [0.15, 0.2) is 29.3 Å². The van der Waals surface area contributed by atoms with Gasteiger partial charge in [-0.3, -0.25) is 0 Å². The predicted molar refractivity (Wildman–Crippen MR) is 49.7 cm³/mol. The van der Waals surface area contributed by atoms with Gasteiger partial charge in [0, 0.05) is 24.4 Å². The molecule has 0 aliphatic heterocycles. The number of ether oxygens (including phenoxy) is 1. The summed E-state index contributed by atoms with van der Waals surface area (Å²) in [6.45, 7) is 3.55. The van der Waals surface area contributed by atoms with Crippen LogP contribution in [0.4, 0.5) is 0 Å². The van der Waals surface area contributed by atoms with Crippen LogP contribution in [0.3, 0.4) is 0 Å². The first-order chi connectivity index (χ1) is 6.63. The maximum absolute atomic E-state index is 11.0. The fourth-order valence-electron chi connectivity index (χ4n) is 0.930. The lowest BCUT2D eigenvalue weighted by atomic mass is 10.1. The van der Waals surface area contributed by atoms with Crippen LogP contribution in [-0.2, 0) is 16.0 Å². The number of methoxy groups -OCH3 is 1. The van der Waals surface area contributed by atoms with Gasteiger partial charge in [-0.2, -0.15) is 0 Å². The Labute approximate surface area is 80.4 Å². The largest absolute Gasteiger partial charge is 0.466 e. The van der Waals surface area contributed by atoms with Crippen LogP contribution in [0.1, 0.15) is 5.56 Å². The third-order valence-corrected chi connectivity index (χ3v) is 1.62. The number of hydrogen-bond donors (Lipinski definition) is 1. The lowest BCUT2D eigenvalue weighted by molar-refractivity contribution is -0.136. The summed E-state index contributed by atoms with van der Waals surface area (Å²) in [5.41, 5.74) is 0.610. The molecular weight excluding hydrogens is 184 g/mol. The van der Waals surface area contributed by atoms with E-state index < -0.39 is 11.7 Å². The first-order valence-electron chi connectivity index (χ1n) is 3.93. The minimum Gasteiger partial charge on any atom is -0.466 e. The van der Waals surface area contributed by atoms with E-state index in [0.717, 1.165) is 0 Å². The number of aromatic amines is 1. The lowest BCUT2D eigenvalue weighted by Crippen LogP contribution is -2.11. The Morgan fingerprint density at radius 3 is 2.93 bits per heavy atom. The molecule has 0 bridgehead atoms. The maximum atomic E-state index is 11.0. The van der Waals surface area contributed by atoms with Crippen LogP contribution in [0, 0.1) is 0 Å². The quantitative estimate of drug-likeness (QED) is 0.544. The van der Waals surface area contributed by atoms with E-state index in [1.807, 2.05) is 0 Å². The summed E-state index contributed by atoms with van der Waals surface area (Å²) in [4.78, 5) is 27.5. The van der Waals surface area contributed by atoms with Crippen LogP contribution in [0.5, 0.6) is 0 Å². The molecule has 0 saturated heterocycles. The molecule has 0 saturated carbocycles. The van der Waals surface area contributed by atoms with Gasteiger partial charge >= 0.3 is 11.7 Å². The fourth-order valence-corrected chi connectivity index (χ4v) is 0.930. The molecule has 0 spiro atoms. The lowest BCUT2D eigenvalue weighted by Gasteiger charge is -2.01. The second kappa shape index (κ2) is 4.36. The Morgan fingerprint density at radius 1 is 1.71 bits per heavy atom. The summed E-state index contributed by atoms with van der Waals surface area (Å²) in [6.07, 6.45) is 3.20. The van der Waals surface area contributed by atoms with Crippen LogP contribution >= 0.6 is 0 Å². The number of H-pyrrole nitrogens is 1. The number of carbonyl (C=O) groups excluding carboxylic acids is 1. The van der Waals surface area contributed by atoms with E-state index in [2.05, 4.69) is 21.3 Å². The molecule has 1 aromatic heterocycles. The number of nitrogens with zero attached hydrogens (tertiary/aromatic N) is 1. The van der Waals surface area contributed by atoms with Crippen molar-refractivity contribution in [3.63, 3.8) is 0 Å². The van der Waals surface area contributed by atoms with Gasteiger partial charge in [0.25, 0.3) is 0 Å². The minimum atomic E-state index is -0.462. The molecule has 5 nitrogen and oxygen atoms in total. The molecule has 0 amide bonds. The van der Waals surface area contributed by atoms with E-state index in [1.165, 1.54) is 19.5 Å². The third kappa shape index (κ3) is 2.55. The van der Waals surface area contributed by atoms with Gasteiger partial charge in [0.05, 0.1) is 7.11 Å². The minimum absolute atomic E-state index is 0.316. The van der Waals surface area contributed by atoms with Crippen molar-refractivity contribution in [2.24, 2.45) is 0 Å². The van der Waals surface area contributed by atoms with Crippen molar-refractivity contribution in [2.75, 3.05) is 7.11 Å². The zero-order valence-corrected chi connectivity index (χ0v) is 7.74. The average molecular weight is 194 g/mol. The number of rotatable bonds is 3. The molecule has 1 heterocycles. The number of nitrogens with one attached hydrogen (secondary N) is 1. The Kier molecular flexibility index (Phi) is 3.17. The molecule has 5 heteroatoms. The summed E-state index contributed by atoms with van der Waals surface area (Å²) < 4.78 is 4.48. The van der Waals surface area contributed by atoms with Gasteiger partial charge < -0.3 is 9.72 Å². The Bertz CT molecular complexity index is 388. The van der Waals surface area contributed by atoms with E-state index in [9.17, 15) is 9.59 Å². The zero-order valence-electron chi connectivity index (χ0n) is 7.74. The van der Waals surface area contributed by atoms with E-state index >= 15 is 0 Å². The van der Waals surface area contributed by atoms with Crippen molar-refractivity contribution in [1.29, 1.82) is 0 Å². The highest BCUT2D eigenvalue weighted by Crippen LogP contribution is 2.03. The second-order valence-corrected chi connectivity index (χ2v) is 2.70. The molecule has 0 atom stereocenters. The van der Waals surface area contributed by atoms with Crippen molar-refractivity contribution < 1.29 is 9.53 Å². The number of esters is 1. The van der Waals surface area contributed by atoms with Crippen molar-refractivity contribution in [3.05, 3.63) is 40.6 Å². The highest BCUT2D eigenvalue weighted by molar-refractivity contribution is 5.88. The molecular formula is C9H10N2O3. The summed E-state index contributed by atoms with van der Waals surface area (Å²) in [6, 6.07) is 0. The molecule has 0 aliphatic carbocycles. The normalized spacial score (nSPS) is 9.50. The van der Waals surface area contributed by atoms with Gasteiger partial charge in [0.15, 0.2) is 0 Å². The predicted octanol–water partition coefficient (Wildman–Crippen LogP) is 0.0416. The summed E-state index contributed by atoms with van der Waals surface area (Å²) in [5, 5.41) is 0. The zero-order chi connectivity index (χ0) is 10.6. The number of aromatic nitrogens is 2. The molecule has 0 unspecified atom stereocenters. The Hall–Kier alpha value is -1.91. The first-order valence-corrected chi connectivity index (χ1v) is 3.93. The number of hydrogen-bond acceptors (Lipinski definition) is 4. The van der Waals surface area contributed by atoms with Crippen LogP contribution < -0.4 is 5.69 Å². The topological polar surface area (TPSA) is 72.0 Å².